The summed E-state index contributed by atoms with van der Waals surface area (Å²) in [4.78, 5) is 4.65. The molecule has 0 aliphatic carbocycles. The highest BCUT2D eigenvalue weighted by molar-refractivity contribution is 6.13. The van der Waals surface area contributed by atoms with E-state index in [9.17, 15) is 0 Å². The second-order valence-corrected chi connectivity index (χ2v) is 11.1. The Bertz CT molecular complexity index is 2550. The maximum atomic E-state index is 6.52. The van der Waals surface area contributed by atoms with Gasteiger partial charge in [0.25, 0.3) is 0 Å². The van der Waals surface area contributed by atoms with Crippen LogP contribution in [0.5, 0.6) is 11.5 Å². The molecule has 9 aromatic rings. The Hall–Kier alpha value is -6.01. The Kier molecular flexibility index (Phi) is 5.31. The molecule has 6 nitrogen and oxygen atoms in total. The maximum absolute atomic E-state index is 6.52. The first-order valence-electron chi connectivity index (χ1n) is 14.6. The fraction of sp³-hybridized carbons (Fsp3) is 0.0263. The number of pyridine rings is 2. The van der Waals surface area contributed by atoms with E-state index in [1.54, 1.807) is 6.33 Å². The summed E-state index contributed by atoms with van der Waals surface area (Å²) in [6, 6.07) is 41.9. The standard InChI is InChI=1S/C38H25N5O/c1-24-8-2-3-9-28(24)25-13-16-31-29-17-14-26(21-33(29)38-41-40-23-42(38)35(31)20-25)44-27-15-18-32-30-10-4-5-11-34(30)43(36(32)22-27)37-12-6-7-19-39-37/h2-23H,1H3. The smallest absolute Gasteiger partial charge is 0.169 e. The van der Waals surface area contributed by atoms with Crippen molar-refractivity contribution in [2.75, 3.05) is 0 Å². The Morgan fingerprint density at radius 1 is 0.591 bits per heavy atom. The Morgan fingerprint density at radius 2 is 1.34 bits per heavy atom. The molecule has 208 valence electrons. The minimum atomic E-state index is 0.734. The fourth-order valence-corrected chi connectivity index (χ4v) is 6.51. The third-order valence-electron chi connectivity index (χ3n) is 8.54. The molecule has 0 bridgehead atoms. The molecule has 0 saturated heterocycles. The summed E-state index contributed by atoms with van der Waals surface area (Å²) in [5.74, 6) is 2.35. The van der Waals surface area contributed by atoms with Gasteiger partial charge in [0.05, 0.1) is 16.6 Å². The molecule has 4 heterocycles. The highest BCUT2D eigenvalue weighted by atomic mass is 16.5. The zero-order valence-electron chi connectivity index (χ0n) is 23.8. The molecule has 0 aliphatic heterocycles. The summed E-state index contributed by atoms with van der Waals surface area (Å²) in [6.45, 7) is 2.14. The molecule has 0 radical (unpaired) electrons. The van der Waals surface area contributed by atoms with Crippen LogP contribution < -0.4 is 4.74 Å². The van der Waals surface area contributed by atoms with E-state index in [-0.39, 0.29) is 0 Å². The SMILES string of the molecule is Cc1ccccc1-c1ccc2c3ccc(Oc4ccc5c6ccccc6n(-c6ccccn6)c5c4)cc3c3nncn3c2c1. The minimum Gasteiger partial charge on any atom is -0.457 e. The number of benzene rings is 5. The summed E-state index contributed by atoms with van der Waals surface area (Å²) in [6.07, 6.45) is 3.61. The van der Waals surface area contributed by atoms with Crippen LogP contribution in [-0.4, -0.2) is 24.1 Å². The predicted molar refractivity (Wildman–Crippen MR) is 177 cm³/mol. The number of hydrogen-bond acceptors (Lipinski definition) is 4. The van der Waals surface area contributed by atoms with Crippen molar-refractivity contribution in [2.24, 2.45) is 0 Å². The molecule has 6 heteroatoms. The quantitative estimate of drug-likeness (QED) is 0.199. The van der Waals surface area contributed by atoms with Gasteiger partial charge in [-0.05, 0) is 83.6 Å². The van der Waals surface area contributed by atoms with Crippen LogP contribution >= 0.6 is 0 Å². The van der Waals surface area contributed by atoms with Gasteiger partial charge >= 0.3 is 0 Å². The Balaban J connectivity index is 1.17. The van der Waals surface area contributed by atoms with E-state index in [0.29, 0.717) is 0 Å². The van der Waals surface area contributed by atoms with Crippen molar-refractivity contribution in [1.82, 2.24) is 24.1 Å². The molecule has 0 saturated carbocycles. The van der Waals surface area contributed by atoms with Crippen LogP contribution in [0.3, 0.4) is 0 Å². The third kappa shape index (κ3) is 3.71. The summed E-state index contributed by atoms with van der Waals surface area (Å²) >= 11 is 0. The molecule has 9 rings (SSSR count). The van der Waals surface area contributed by atoms with Gasteiger partial charge in [-0.2, -0.15) is 0 Å². The van der Waals surface area contributed by atoms with E-state index < -0.39 is 0 Å². The van der Waals surface area contributed by atoms with Crippen molar-refractivity contribution < 1.29 is 4.74 Å². The lowest BCUT2D eigenvalue weighted by Gasteiger charge is -2.13. The number of nitrogens with zero attached hydrogens (tertiary/aromatic N) is 5. The van der Waals surface area contributed by atoms with E-state index in [1.807, 2.05) is 36.5 Å². The Morgan fingerprint density at radius 3 is 2.23 bits per heavy atom. The number of ether oxygens (including phenoxy) is 1. The average Bonchev–Trinajstić information content (AvgIpc) is 3.69. The molecule has 5 aromatic carbocycles. The van der Waals surface area contributed by atoms with Crippen molar-refractivity contribution in [3.8, 4) is 28.4 Å². The van der Waals surface area contributed by atoms with E-state index in [2.05, 4.69) is 122 Å². The molecule has 44 heavy (non-hydrogen) atoms. The van der Waals surface area contributed by atoms with Crippen LogP contribution in [0.4, 0.5) is 0 Å². The van der Waals surface area contributed by atoms with Crippen molar-refractivity contribution in [3.63, 3.8) is 0 Å². The lowest BCUT2D eigenvalue weighted by atomic mass is 9.97. The molecule has 0 spiro atoms. The number of aryl methyl sites for hydroxylation is 1. The first-order valence-corrected chi connectivity index (χ1v) is 14.6. The first-order chi connectivity index (χ1) is 21.7. The molecule has 0 N–H and O–H groups in total. The molecular formula is C38H25N5O. The number of hydrogen-bond donors (Lipinski definition) is 0. The molecule has 0 atom stereocenters. The molecule has 0 unspecified atom stereocenters. The van der Waals surface area contributed by atoms with Gasteiger partial charge in [-0.3, -0.25) is 8.97 Å². The summed E-state index contributed by atoms with van der Waals surface area (Å²) < 4.78 is 10.8. The highest BCUT2D eigenvalue weighted by Gasteiger charge is 2.16. The lowest BCUT2D eigenvalue weighted by Crippen LogP contribution is -1.96. The van der Waals surface area contributed by atoms with E-state index in [0.717, 1.165) is 61.1 Å². The van der Waals surface area contributed by atoms with E-state index >= 15 is 0 Å². The average molecular weight is 568 g/mol. The third-order valence-corrected chi connectivity index (χ3v) is 8.54. The second-order valence-electron chi connectivity index (χ2n) is 11.1. The van der Waals surface area contributed by atoms with E-state index in [4.69, 9.17) is 4.74 Å². The zero-order valence-corrected chi connectivity index (χ0v) is 23.8. The molecule has 0 amide bonds. The van der Waals surface area contributed by atoms with Crippen LogP contribution in [0.2, 0.25) is 0 Å². The second kappa shape index (κ2) is 9.51. The fourth-order valence-electron chi connectivity index (χ4n) is 6.51. The van der Waals surface area contributed by atoms with Gasteiger partial charge in [-0.15, -0.1) is 10.2 Å². The highest BCUT2D eigenvalue weighted by Crippen LogP contribution is 2.37. The van der Waals surface area contributed by atoms with Gasteiger partial charge in [0.2, 0.25) is 0 Å². The van der Waals surface area contributed by atoms with Gasteiger partial charge in [-0.1, -0.05) is 60.7 Å². The minimum absolute atomic E-state index is 0.734. The number of fused-ring (bicyclic) bond motifs is 9. The monoisotopic (exact) mass is 567 g/mol. The van der Waals surface area contributed by atoms with Gasteiger partial charge in [0.15, 0.2) is 5.65 Å². The molecule has 4 aromatic heterocycles. The lowest BCUT2D eigenvalue weighted by molar-refractivity contribution is 0.484. The number of para-hydroxylation sites is 1. The summed E-state index contributed by atoms with van der Waals surface area (Å²) in [5.41, 5.74) is 7.65. The largest absolute Gasteiger partial charge is 0.457 e. The summed E-state index contributed by atoms with van der Waals surface area (Å²) in [7, 11) is 0. The van der Waals surface area contributed by atoms with Crippen molar-refractivity contribution in [2.45, 2.75) is 6.92 Å². The predicted octanol–water partition coefficient (Wildman–Crippen LogP) is 9.30. The van der Waals surface area contributed by atoms with Crippen LogP contribution in [0.15, 0.2) is 134 Å². The van der Waals surface area contributed by atoms with Crippen LogP contribution in [0.1, 0.15) is 5.56 Å². The van der Waals surface area contributed by atoms with Gasteiger partial charge in [0, 0.05) is 33.8 Å². The molecular weight excluding hydrogens is 542 g/mol. The molecule has 0 fully saturated rings. The normalized spacial score (nSPS) is 11.8. The van der Waals surface area contributed by atoms with Crippen LogP contribution in [0, 0.1) is 6.92 Å². The van der Waals surface area contributed by atoms with Gasteiger partial charge in [-0.25, -0.2) is 4.98 Å². The number of rotatable bonds is 4. The maximum Gasteiger partial charge on any atom is 0.169 e. The number of aromatic nitrogens is 5. The topological polar surface area (TPSA) is 57.2 Å². The van der Waals surface area contributed by atoms with Crippen LogP contribution in [0.25, 0.3) is 66.1 Å². The van der Waals surface area contributed by atoms with Crippen molar-refractivity contribution in [3.05, 3.63) is 139 Å². The van der Waals surface area contributed by atoms with E-state index in [1.165, 1.54) is 22.1 Å². The Labute approximate surface area is 252 Å². The van der Waals surface area contributed by atoms with Crippen LogP contribution in [-0.2, 0) is 0 Å². The van der Waals surface area contributed by atoms with Crippen molar-refractivity contribution in [1.29, 1.82) is 0 Å². The first kappa shape index (κ1) is 24.6. The van der Waals surface area contributed by atoms with Gasteiger partial charge in [0.1, 0.15) is 23.6 Å². The summed E-state index contributed by atoms with van der Waals surface area (Å²) in [5, 5.41) is 14.4. The zero-order chi connectivity index (χ0) is 29.2. The van der Waals surface area contributed by atoms with Gasteiger partial charge < -0.3 is 4.74 Å². The molecule has 0 aliphatic rings. The van der Waals surface area contributed by atoms with Crippen molar-refractivity contribution >= 4 is 49.1 Å².